The van der Waals surface area contributed by atoms with Crippen molar-refractivity contribution in [1.82, 2.24) is 15.5 Å². The predicted molar refractivity (Wildman–Crippen MR) is 98.6 cm³/mol. The maximum absolute atomic E-state index is 12.1. The number of thiophene rings is 1. The summed E-state index contributed by atoms with van der Waals surface area (Å²) in [4.78, 5) is 15.9. The molecule has 23 heavy (non-hydrogen) atoms. The van der Waals surface area contributed by atoms with E-state index in [4.69, 9.17) is 11.6 Å². The number of hydrogen-bond donors (Lipinski definition) is 2. The lowest BCUT2D eigenvalue weighted by molar-refractivity contribution is -0.123. The van der Waals surface area contributed by atoms with Gasteiger partial charge >= 0.3 is 0 Å². The van der Waals surface area contributed by atoms with E-state index in [2.05, 4.69) is 21.6 Å². The summed E-state index contributed by atoms with van der Waals surface area (Å²) in [6, 6.07) is 4.12. The van der Waals surface area contributed by atoms with Crippen LogP contribution in [0.25, 0.3) is 0 Å². The van der Waals surface area contributed by atoms with Gasteiger partial charge in [0.05, 0.1) is 10.4 Å². The molecule has 1 aromatic heterocycles. The maximum Gasteiger partial charge on any atom is 0.237 e. The van der Waals surface area contributed by atoms with Crippen LogP contribution in [0.3, 0.4) is 0 Å². The van der Waals surface area contributed by atoms with Crippen LogP contribution in [0.4, 0.5) is 0 Å². The monoisotopic (exact) mass is 377 g/mol. The van der Waals surface area contributed by atoms with Gasteiger partial charge in [0.1, 0.15) is 0 Å². The van der Waals surface area contributed by atoms with Crippen LogP contribution in [0.1, 0.15) is 30.6 Å². The normalized spacial score (nSPS) is 25.1. The molecule has 0 bridgehead atoms. The fourth-order valence-corrected chi connectivity index (χ4v) is 4.53. The van der Waals surface area contributed by atoms with Crippen molar-refractivity contribution in [3.63, 3.8) is 0 Å². The smallest absolute Gasteiger partial charge is 0.237 e. The number of amides is 1. The van der Waals surface area contributed by atoms with E-state index >= 15 is 0 Å². The minimum absolute atomic E-state index is 0. The van der Waals surface area contributed by atoms with E-state index in [-0.39, 0.29) is 24.4 Å². The molecule has 0 aromatic carbocycles. The lowest BCUT2D eigenvalue weighted by Gasteiger charge is -2.32. The zero-order valence-corrected chi connectivity index (χ0v) is 15.6. The summed E-state index contributed by atoms with van der Waals surface area (Å²) in [5.74, 6) is 0.745. The first-order valence-electron chi connectivity index (χ1n) is 8.18. The van der Waals surface area contributed by atoms with Gasteiger partial charge in [0, 0.05) is 24.5 Å². The summed E-state index contributed by atoms with van der Waals surface area (Å²) >= 11 is 7.66. The van der Waals surface area contributed by atoms with E-state index in [9.17, 15) is 4.79 Å². The molecule has 7 heteroatoms. The zero-order valence-electron chi connectivity index (χ0n) is 13.2. The Labute approximate surface area is 153 Å². The lowest BCUT2D eigenvalue weighted by atomic mass is 9.97. The van der Waals surface area contributed by atoms with E-state index in [0.717, 1.165) is 49.9 Å². The number of hydrogen-bond acceptors (Lipinski definition) is 4. The Bertz CT molecular complexity index is 505. The van der Waals surface area contributed by atoms with Crippen molar-refractivity contribution in [2.75, 3.05) is 26.2 Å². The highest BCUT2D eigenvalue weighted by molar-refractivity contribution is 7.16. The molecule has 2 aliphatic rings. The highest BCUT2D eigenvalue weighted by atomic mass is 35.5. The minimum Gasteiger partial charge on any atom is -0.354 e. The van der Waals surface area contributed by atoms with Crippen LogP contribution >= 0.6 is 35.3 Å². The molecule has 0 aliphatic carbocycles. The van der Waals surface area contributed by atoms with Crippen LogP contribution in [-0.2, 0) is 11.3 Å². The molecule has 2 atom stereocenters. The van der Waals surface area contributed by atoms with Gasteiger partial charge in [-0.1, -0.05) is 11.6 Å². The maximum atomic E-state index is 12.1. The SMILES string of the molecule is Cl.O=C(NCC1CCCN(Cc2ccc(Cl)s2)C1)C1CCCN1. The number of likely N-dealkylation sites (tertiary alicyclic amines) is 1. The molecule has 2 aliphatic heterocycles. The van der Waals surface area contributed by atoms with Crippen molar-refractivity contribution >= 4 is 41.3 Å². The van der Waals surface area contributed by atoms with Crippen LogP contribution in [-0.4, -0.2) is 43.0 Å². The van der Waals surface area contributed by atoms with Gasteiger partial charge in [-0.3, -0.25) is 9.69 Å². The molecule has 4 nitrogen and oxygen atoms in total. The minimum atomic E-state index is 0. The fourth-order valence-electron chi connectivity index (χ4n) is 3.40. The van der Waals surface area contributed by atoms with Crippen LogP contribution < -0.4 is 10.6 Å². The van der Waals surface area contributed by atoms with Crippen LogP contribution in [0.5, 0.6) is 0 Å². The zero-order chi connectivity index (χ0) is 15.4. The quantitative estimate of drug-likeness (QED) is 0.828. The molecule has 0 saturated carbocycles. The largest absolute Gasteiger partial charge is 0.354 e. The third kappa shape index (κ3) is 5.61. The predicted octanol–water partition coefficient (Wildman–Crippen LogP) is 2.90. The average Bonchev–Trinajstić information content (AvgIpc) is 3.17. The van der Waals surface area contributed by atoms with Gasteiger partial charge in [0.2, 0.25) is 5.91 Å². The van der Waals surface area contributed by atoms with Crippen LogP contribution in [0, 0.1) is 5.92 Å². The Kier molecular flexibility index (Phi) is 7.63. The van der Waals surface area contributed by atoms with Gasteiger partial charge < -0.3 is 10.6 Å². The van der Waals surface area contributed by atoms with E-state index in [1.54, 1.807) is 11.3 Å². The van der Waals surface area contributed by atoms with Gasteiger partial charge in [0.15, 0.2) is 0 Å². The molecule has 2 unspecified atom stereocenters. The van der Waals surface area contributed by atoms with Crippen molar-refractivity contribution in [1.29, 1.82) is 0 Å². The van der Waals surface area contributed by atoms with Crippen LogP contribution in [0.2, 0.25) is 4.34 Å². The Hall–Kier alpha value is -0.330. The Morgan fingerprint density at radius 3 is 2.96 bits per heavy atom. The van der Waals surface area contributed by atoms with Crippen molar-refractivity contribution in [3.05, 3.63) is 21.3 Å². The molecular formula is C16H25Cl2N3OS. The highest BCUT2D eigenvalue weighted by Crippen LogP contribution is 2.25. The Morgan fingerprint density at radius 2 is 2.26 bits per heavy atom. The molecule has 1 aromatic rings. The highest BCUT2D eigenvalue weighted by Gasteiger charge is 2.24. The average molecular weight is 378 g/mol. The molecule has 3 heterocycles. The Balaban J connectivity index is 0.00000192. The second-order valence-electron chi connectivity index (χ2n) is 6.34. The molecule has 0 spiro atoms. The molecular weight excluding hydrogens is 353 g/mol. The number of carbonyl (C=O) groups excluding carboxylic acids is 1. The van der Waals surface area contributed by atoms with Gasteiger partial charge in [-0.25, -0.2) is 0 Å². The number of nitrogens with zero attached hydrogens (tertiary/aromatic N) is 1. The fraction of sp³-hybridized carbons (Fsp3) is 0.688. The van der Waals surface area contributed by atoms with Gasteiger partial charge in [-0.05, 0) is 56.8 Å². The molecule has 130 valence electrons. The van der Waals surface area contributed by atoms with Crippen molar-refractivity contribution in [3.8, 4) is 0 Å². The second kappa shape index (κ2) is 9.23. The molecule has 1 amide bonds. The first-order valence-corrected chi connectivity index (χ1v) is 9.38. The van der Waals surface area contributed by atoms with Crippen molar-refractivity contribution in [2.45, 2.75) is 38.3 Å². The Morgan fingerprint density at radius 1 is 1.39 bits per heavy atom. The summed E-state index contributed by atoms with van der Waals surface area (Å²) in [5, 5.41) is 6.39. The molecule has 3 rings (SSSR count). The first kappa shape index (κ1) is 19.0. The standard InChI is InChI=1S/C16H24ClN3OS.ClH/c17-15-6-5-13(22-15)11-20-8-2-3-12(10-20)9-19-16(21)14-4-1-7-18-14;/h5-6,12,14,18H,1-4,7-11H2,(H,19,21);1H. The summed E-state index contributed by atoms with van der Waals surface area (Å²) in [6.07, 6.45) is 4.50. The number of piperidine rings is 1. The third-order valence-corrected chi connectivity index (χ3v) is 5.77. The summed E-state index contributed by atoms with van der Waals surface area (Å²) < 4.78 is 0.861. The van der Waals surface area contributed by atoms with E-state index in [1.165, 1.54) is 17.7 Å². The van der Waals surface area contributed by atoms with E-state index < -0.39 is 0 Å². The number of carbonyl (C=O) groups is 1. The molecule has 2 N–H and O–H groups in total. The molecule has 2 fully saturated rings. The van der Waals surface area contributed by atoms with E-state index in [1.807, 2.05) is 6.07 Å². The lowest BCUT2D eigenvalue weighted by Crippen LogP contribution is -2.45. The summed E-state index contributed by atoms with van der Waals surface area (Å²) in [7, 11) is 0. The number of nitrogens with one attached hydrogen (secondary N) is 2. The van der Waals surface area contributed by atoms with Crippen molar-refractivity contribution < 1.29 is 4.79 Å². The van der Waals surface area contributed by atoms with E-state index in [0.29, 0.717) is 5.92 Å². The number of halogens is 2. The van der Waals surface area contributed by atoms with Crippen molar-refractivity contribution in [2.24, 2.45) is 5.92 Å². The summed E-state index contributed by atoms with van der Waals surface area (Å²) in [6.45, 7) is 4.96. The molecule has 0 radical (unpaired) electrons. The van der Waals surface area contributed by atoms with Gasteiger partial charge in [0.25, 0.3) is 0 Å². The third-order valence-electron chi connectivity index (χ3n) is 4.55. The second-order valence-corrected chi connectivity index (χ2v) is 8.14. The molecule has 2 saturated heterocycles. The first-order chi connectivity index (χ1) is 10.7. The topological polar surface area (TPSA) is 44.4 Å². The van der Waals surface area contributed by atoms with Gasteiger partial charge in [-0.15, -0.1) is 23.7 Å². The number of rotatable bonds is 5. The van der Waals surface area contributed by atoms with Gasteiger partial charge in [-0.2, -0.15) is 0 Å². The van der Waals surface area contributed by atoms with Crippen LogP contribution in [0.15, 0.2) is 12.1 Å². The summed E-state index contributed by atoms with van der Waals surface area (Å²) in [5.41, 5.74) is 0.